The molecule has 4 aromatic rings. The maximum atomic E-state index is 12.8. The van der Waals surface area contributed by atoms with Gasteiger partial charge in [0.2, 0.25) is 5.91 Å². The van der Waals surface area contributed by atoms with Gasteiger partial charge in [0.05, 0.1) is 12.4 Å². The molecular formula is C30H30N4O2. The van der Waals surface area contributed by atoms with E-state index in [4.69, 9.17) is 10.00 Å². The number of nitriles is 1. The molecular weight excluding hydrogens is 448 g/mol. The fraction of sp³-hybridized carbons (Fsp3) is 0.233. The van der Waals surface area contributed by atoms with E-state index in [0.717, 1.165) is 27.9 Å². The summed E-state index contributed by atoms with van der Waals surface area (Å²) in [4.78, 5) is 16.9. The minimum atomic E-state index is -0.668. The number of nitrogens with zero attached hydrogens (tertiary/aromatic N) is 3. The standard InChI is InChI=1S/C30H30N4O2/c1-22(2)20-28(30(35)33-17-16-31)36-29(25-6-4-3-5-7-25)26-10-8-23(9-11-26)24-12-14-27(15-13-24)34-19-18-32-21-34/h3-15,18-19,21-22,28-29H,17,20H2,1-2H3,(H,33,35)/t28-,29+/m0/s1. The van der Waals surface area contributed by atoms with Gasteiger partial charge in [-0.15, -0.1) is 0 Å². The van der Waals surface area contributed by atoms with Crippen LogP contribution in [0.3, 0.4) is 0 Å². The smallest absolute Gasteiger partial charge is 0.250 e. The Kier molecular flexibility index (Phi) is 8.28. The zero-order valence-corrected chi connectivity index (χ0v) is 20.5. The molecule has 0 aliphatic rings. The summed E-state index contributed by atoms with van der Waals surface area (Å²) in [5.74, 6) is -0.00675. The van der Waals surface area contributed by atoms with Crippen molar-refractivity contribution in [2.45, 2.75) is 32.5 Å². The lowest BCUT2D eigenvalue weighted by atomic mass is 9.97. The highest BCUT2D eigenvalue weighted by molar-refractivity contribution is 5.81. The molecule has 182 valence electrons. The maximum absolute atomic E-state index is 12.8. The van der Waals surface area contributed by atoms with Crippen molar-refractivity contribution in [3.63, 3.8) is 0 Å². The van der Waals surface area contributed by atoms with Crippen molar-refractivity contribution in [2.24, 2.45) is 5.92 Å². The van der Waals surface area contributed by atoms with Gasteiger partial charge in [0.15, 0.2) is 0 Å². The van der Waals surface area contributed by atoms with Gasteiger partial charge in [-0.3, -0.25) is 4.79 Å². The van der Waals surface area contributed by atoms with Crippen LogP contribution in [0.25, 0.3) is 16.8 Å². The Labute approximate surface area is 212 Å². The molecule has 0 saturated heterocycles. The summed E-state index contributed by atoms with van der Waals surface area (Å²) < 4.78 is 8.43. The maximum Gasteiger partial charge on any atom is 0.250 e. The van der Waals surface area contributed by atoms with Gasteiger partial charge in [0.1, 0.15) is 18.8 Å². The quantitative estimate of drug-likeness (QED) is 0.297. The first kappa shape index (κ1) is 24.9. The Morgan fingerprint density at radius 2 is 1.61 bits per heavy atom. The number of aromatic nitrogens is 2. The monoisotopic (exact) mass is 478 g/mol. The summed E-state index contributed by atoms with van der Waals surface area (Å²) in [6, 6.07) is 28.4. The van der Waals surface area contributed by atoms with Crippen LogP contribution in [0.2, 0.25) is 0 Å². The highest BCUT2D eigenvalue weighted by Crippen LogP contribution is 2.31. The summed E-state index contributed by atoms with van der Waals surface area (Å²) in [6.07, 6.45) is 4.93. The molecule has 0 spiro atoms. The Balaban J connectivity index is 1.59. The SMILES string of the molecule is CC(C)C[C@H](O[C@H](c1ccccc1)c1ccc(-c2ccc(-n3ccnc3)cc2)cc1)C(=O)NCC#N. The summed E-state index contributed by atoms with van der Waals surface area (Å²) >= 11 is 0. The predicted octanol–water partition coefficient (Wildman–Crippen LogP) is 5.70. The van der Waals surface area contributed by atoms with E-state index in [-0.39, 0.29) is 18.4 Å². The molecule has 0 aliphatic carbocycles. The molecule has 0 bridgehead atoms. The fourth-order valence-corrected chi connectivity index (χ4v) is 4.12. The van der Waals surface area contributed by atoms with Gasteiger partial charge >= 0.3 is 0 Å². The molecule has 0 unspecified atom stereocenters. The largest absolute Gasteiger partial charge is 0.356 e. The van der Waals surface area contributed by atoms with E-state index in [2.05, 4.69) is 72.7 Å². The normalized spacial score (nSPS) is 12.6. The van der Waals surface area contributed by atoms with Gasteiger partial charge in [0, 0.05) is 18.1 Å². The van der Waals surface area contributed by atoms with Crippen molar-refractivity contribution in [3.8, 4) is 22.9 Å². The van der Waals surface area contributed by atoms with Crippen LogP contribution in [0, 0.1) is 17.2 Å². The first-order chi connectivity index (χ1) is 17.5. The van der Waals surface area contributed by atoms with Gasteiger partial charge in [-0.2, -0.15) is 5.26 Å². The van der Waals surface area contributed by atoms with Gasteiger partial charge in [-0.25, -0.2) is 4.98 Å². The summed E-state index contributed by atoms with van der Waals surface area (Å²) in [5.41, 5.74) is 5.18. The third kappa shape index (κ3) is 6.26. The third-order valence-electron chi connectivity index (χ3n) is 5.94. The second-order valence-electron chi connectivity index (χ2n) is 9.06. The Morgan fingerprint density at radius 3 is 2.19 bits per heavy atom. The van der Waals surface area contributed by atoms with Gasteiger partial charge in [0.25, 0.3) is 0 Å². The Hall–Kier alpha value is -4.21. The number of rotatable bonds is 10. The molecule has 0 aliphatic heterocycles. The molecule has 3 aromatic carbocycles. The van der Waals surface area contributed by atoms with E-state index in [1.807, 2.05) is 47.2 Å². The molecule has 4 rings (SSSR count). The van der Waals surface area contributed by atoms with E-state index < -0.39 is 12.2 Å². The Bertz CT molecular complexity index is 1280. The molecule has 1 amide bonds. The molecule has 6 nitrogen and oxygen atoms in total. The van der Waals surface area contributed by atoms with Crippen LogP contribution in [0.5, 0.6) is 0 Å². The lowest BCUT2D eigenvalue weighted by Gasteiger charge is -2.26. The molecule has 6 heteroatoms. The van der Waals surface area contributed by atoms with Crippen LogP contribution in [-0.4, -0.2) is 28.1 Å². The van der Waals surface area contributed by atoms with Crippen LogP contribution in [0.15, 0.2) is 97.6 Å². The molecule has 2 atom stereocenters. The van der Waals surface area contributed by atoms with Gasteiger partial charge in [-0.05, 0) is 46.7 Å². The number of carbonyl (C=O) groups excluding carboxylic acids is 1. The van der Waals surface area contributed by atoms with Crippen molar-refractivity contribution in [1.29, 1.82) is 5.26 Å². The number of ether oxygens (including phenoxy) is 1. The van der Waals surface area contributed by atoms with Crippen LogP contribution < -0.4 is 5.32 Å². The van der Waals surface area contributed by atoms with Crippen molar-refractivity contribution >= 4 is 5.91 Å². The van der Waals surface area contributed by atoms with E-state index in [1.54, 1.807) is 12.5 Å². The number of carbonyl (C=O) groups is 1. The Morgan fingerprint density at radius 1 is 0.972 bits per heavy atom. The predicted molar refractivity (Wildman–Crippen MR) is 140 cm³/mol. The zero-order valence-electron chi connectivity index (χ0n) is 20.5. The minimum absolute atomic E-state index is 0.0405. The summed E-state index contributed by atoms with van der Waals surface area (Å²) in [7, 11) is 0. The van der Waals surface area contributed by atoms with Crippen LogP contribution >= 0.6 is 0 Å². The summed E-state index contributed by atoms with van der Waals surface area (Å²) in [5, 5.41) is 11.6. The highest BCUT2D eigenvalue weighted by atomic mass is 16.5. The molecule has 0 fully saturated rings. The lowest BCUT2D eigenvalue weighted by Crippen LogP contribution is -2.38. The second-order valence-corrected chi connectivity index (χ2v) is 9.06. The number of hydrogen-bond acceptors (Lipinski definition) is 4. The molecule has 36 heavy (non-hydrogen) atoms. The van der Waals surface area contributed by atoms with E-state index in [9.17, 15) is 4.79 Å². The van der Waals surface area contributed by atoms with Crippen LogP contribution in [-0.2, 0) is 9.53 Å². The average Bonchev–Trinajstić information content (AvgIpc) is 3.45. The number of benzene rings is 3. The number of nitrogens with one attached hydrogen (secondary N) is 1. The number of amides is 1. The average molecular weight is 479 g/mol. The van der Waals surface area contributed by atoms with E-state index in [1.165, 1.54) is 0 Å². The number of imidazole rings is 1. The minimum Gasteiger partial charge on any atom is -0.356 e. The lowest BCUT2D eigenvalue weighted by molar-refractivity contribution is -0.136. The van der Waals surface area contributed by atoms with Crippen molar-refractivity contribution in [2.75, 3.05) is 6.54 Å². The van der Waals surface area contributed by atoms with Crippen LogP contribution in [0.1, 0.15) is 37.5 Å². The van der Waals surface area contributed by atoms with Crippen molar-refractivity contribution in [3.05, 3.63) is 109 Å². The first-order valence-electron chi connectivity index (χ1n) is 12.1. The van der Waals surface area contributed by atoms with Gasteiger partial charge in [-0.1, -0.05) is 80.6 Å². The zero-order chi connectivity index (χ0) is 25.3. The third-order valence-corrected chi connectivity index (χ3v) is 5.94. The molecule has 0 radical (unpaired) electrons. The molecule has 1 heterocycles. The van der Waals surface area contributed by atoms with Crippen molar-refractivity contribution < 1.29 is 9.53 Å². The molecule has 1 N–H and O–H groups in total. The van der Waals surface area contributed by atoms with Crippen LogP contribution in [0.4, 0.5) is 0 Å². The highest BCUT2D eigenvalue weighted by Gasteiger charge is 2.26. The molecule has 1 aromatic heterocycles. The van der Waals surface area contributed by atoms with E-state index in [0.29, 0.717) is 6.42 Å². The second kappa shape index (κ2) is 12.0. The molecule has 0 saturated carbocycles. The first-order valence-corrected chi connectivity index (χ1v) is 12.1. The topological polar surface area (TPSA) is 79.9 Å². The van der Waals surface area contributed by atoms with Gasteiger partial charge < -0.3 is 14.6 Å². The summed E-state index contributed by atoms with van der Waals surface area (Å²) in [6.45, 7) is 4.07. The fourth-order valence-electron chi connectivity index (χ4n) is 4.12. The van der Waals surface area contributed by atoms with Crippen molar-refractivity contribution in [1.82, 2.24) is 14.9 Å². The number of hydrogen-bond donors (Lipinski definition) is 1. The van der Waals surface area contributed by atoms with E-state index >= 15 is 0 Å².